The van der Waals surface area contributed by atoms with Gasteiger partial charge in [0.25, 0.3) is 0 Å². The molecule has 1 aromatic rings. The number of nitrogens with one attached hydrogen (secondary N) is 1. The van der Waals surface area contributed by atoms with Gasteiger partial charge in [-0.1, -0.05) is 6.07 Å². The van der Waals surface area contributed by atoms with Crippen LogP contribution >= 0.6 is 15.9 Å². The molecule has 0 bridgehead atoms. The fourth-order valence-electron chi connectivity index (χ4n) is 2.58. The number of hydrogen-bond acceptors (Lipinski definition) is 2. The lowest BCUT2D eigenvalue weighted by molar-refractivity contribution is 0.149. The van der Waals surface area contributed by atoms with Crippen molar-refractivity contribution in [1.29, 1.82) is 0 Å². The number of likely N-dealkylation sites (tertiary alicyclic amines) is 1. The molecule has 18 heavy (non-hydrogen) atoms. The molecule has 0 aromatic heterocycles. The minimum Gasteiger partial charge on any atom is -0.316 e. The van der Waals surface area contributed by atoms with Crippen LogP contribution in [0.1, 0.15) is 31.4 Å². The average Bonchev–Trinajstić information content (AvgIpc) is 2.41. The van der Waals surface area contributed by atoms with Gasteiger partial charge in [0.2, 0.25) is 0 Å². The van der Waals surface area contributed by atoms with Crippen molar-refractivity contribution in [3.8, 4) is 0 Å². The summed E-state index contributed by atoms with van der Waals surface area (Å²) in [4.78, 5) is 2.46. The number of likely N-dealkylation sites (N-methyl/N-ethyl adjacent to an activating group) is 1. The summed E-state index contributed by atoms with van der Waals surface area (Å²) in [6, 6.07) is 6.22. The molecule has 1 aliphatic heterocycles. The molecule has 0 amide bonds. The Morgan fingerprint density at radius 3 is 2.94 bits per heavy atom. The van der Waals surface area contributed by atoms with E-state index < -0.39 is 0 Å². The summed E-state index contributed by atoms with van der Waals surface area (Å²) in [5, 5.41) is 3.35. The first-order valence-electron chi connectivity index (χ1n) is 6.48. The highest BCUT2D eigenvalue weighted by molar-refractivity contribution is 9.10. The molecule has 1 aliphatic rings. The lowest BCUT2D eigenvalue weighted by Crippen LogP contribution is -2.45. The molecule has 0 saturated carbocycles. The second kappa shape index (κ2) is 6.13. The van der Waals surface area contributed by atoms with Gasteiger partial charge in [-0.05, 0) is 67.0 Å². The van der Waals surface area contributed by atoms with Gasteiger partial charge in [0.15, 0.2) is 0 Å². The third kappa shape index (κ3) is 3.11. The van der Waals surface area contributed by atoms with Gasteiger partial charge in [0.1, 0.15) is 5.82 Å². The summed E-state index contributed by atoms with van der Waals surface area (Å²) in [5.41, 5.74) is 1.17. The van der Waals surface area contributed by atoms with Crippen LogP contribution in [0.25, 0.3) is 0 Å². The molecule has 1 saturated heterocycles. The predicted octanol–water partition coefficient (Wildman–Crippen LogP) is 3.33. The molecule has 1 heterocycles. The molecule has 1 aromatic carbocycles. The topological polar surface area (TPSA) is 15.3 Å². The van der Waals surface area contributed by atoms with Crippen LogP contribution in [-0.2, 0) is 0 Å². The van der Waals surface area contributed by atoms with E-state index in [9.17, 15) is 4.39 Å². The van der Waals surface area contributed by atoms with E-state index in [1.54, 1.807) is 0 Å². The van der Waals surface area contributed by atoms with E-state index in [0.29, 0.717) is 16.6 Å². The van der Waals surface area contributed by atoms with Crippen molar-refractivity contribution in [1.82, 2.24) is 10.2 Å². The first-order valence-corrected chi connectivity index (χ1v) is 7.27. The van der Waals surface area contributed by atoms with Crippen LogP contribution in [-0.4, -0.2) is 31.1 Å². The Bertz CT molecular complexity index is 411. The van der Waals surface area contributed by atoms with Crippen molar-refractivity contribution >= 4 is 15.9 Å². The Kier molecular flexibility index (Phi) is 4.76. The summed E-state index contributed by atoms with van der Waals surface area (Å²) in [6.07, 6.45) is 2.46. The zero-order chi connectivity index (χ0) is 13.1. The highest BCUT2D eigenvalue weighted by Crippen LogP contribution is 2.27. The molecule has 2 unspecified atom stereocenters. The van der Waals surface area contributed by atoms with Gasteiger partial charge in [-0.15, -0.1) is 0 Å². The quantitative estimate of drug-likeness (QED) is 0.920. The Hall–Kier alpha value is -0.450. The van der Waals surface area contributed by atoms with Gasteiger partial charge in [-0.25, -0.2) is 4.39 Å². The molecule has 0 aliphatic carbocycles. The Morgan fingerprint density at radius 1 is 1.50 bits per heavy atom. The van der Waals surface area contributed by atoms with Gasteiger partial charge >= 0.3 is 0 Å². The van der Waals surface area contributed by atoms with E-state index in [0.717, 1.165) is 13.1 Å². The smallest absolute Gasteiger partial charge is 0.137 e. The molecule has 2 nitrogen and oxygen atoms in total. The molecule has 0 radical (unpaired) electrons. The van der Waals surface area contributed by atoms with Gasteiger partial charge in [-0.2, -0.15) is 0 Å². The maximum absolute atomic E-state index is 13.3. The fourth-order valence-corrected chi connectivity index (χ4v) is 2.97. The number of nitrogens with zero attached hydrogens (tertiary/aromatic N) is 1. The lowest BCUT2D eigenvalue weighted by Gasteiger charge is -2.37. The number of benzene rings is 1. The SMILES string of the molecule is CNC1CCCN(C(C)c2ccc(F)c(Br)c2)C1. The van der Waals surface area contributed by atoms with Crippen molar-refractivity contribution in [2.45, 2.75) is 31.8 Å². The Labute approximate surface area is 117 Å². The molecule has 2 rings (SSSR count). The number of halogens is 2. The standard InChI is InChI=1S/C14H20BrFN2/c1-10(11-5-6-14(16)13(15)8-11)18-7-3-4-12(9-18)17-2/h5-6,8,10,12,17H,3-4,7,9H2,1-2H3. The third-order valence-corrected chi connectivity index (χ3v) is 4.44. The maximum atomic E-state index is 13.3. The van der Waals surface area contributed by atoms with Crippen LogP contribution in [0.2, 0.25) is 0 Å². The summed E-state index contributed by atoms with van der Waals surface area (Å²) in [7, 11) is 2.02. The predicted molar refractivity (Wildman–Crippen MR) is 76.2 cm³/mol. The van der Waals surface area contributed by atoms with Crippen molar-refractivity contribution in [2.75, 3.05) is 20.1 Å². The summed E-state index contributed by atoms with van der Waals surface area (Å²) >= 11 is 3.26. The normalized spacial score (nSPS) is 23.0. The van der Waals surface area contributed by atoms with Crippen molar-refractivity contribution in [2.24, 2.45) is 0 Å². The Balaban J connectivity index is 2.10. The third-order valence-electron chi connectivity index (χ3n) is 3.83. The molecule has 1 fully saturated rings. The Morgan fingerprint density at radius 2 is 2.28 bits per heavy atom. The van der Waals surface area contributed by atoms with E-state index in [2.05, 4.69) is 33.1 Å². The van der Waals surface area contributed by atoms with Crippen LogP contribution < -0.4 is 5.32 Å². The fraction of sp³-hybridized carbons (Fsp3) is 0.571. The maximum Gasteiger partial charge on any atom is 0.137 e. The zero-order valence-electron chi connectivity index (χ0n) is 10.9. The zero-order valence-corrected chi connectivity index (χ0v) is 12.5. The first kappa shape index (κ1) is 14.0. The lowest BCUT2D eigenvalue weighted by atomic mass is 10.0. The second-order valence-electron chi connectivity index (χ2n) is 4.97. The van der Waals surface area contributed by atoms with E-state index >= 15 is 0 Å². The largest absolute Gasteiger partial charge is 0.316 e. The molecule has 100 valence electrons. The molecule has 2 atom stereocenters. The van der Waals surface area contributed by atoms with E-state index in [1.807, 2.05) is 19.2 Å². The molecule has 1 N–H and O–H groups in total. The number of rotatable bonds is 3. The van der Waals surface area contributed by atoms with Crippen LogP contribution in [0.3, 0.4) is 0 Å². The monoisotopic (exact) mass is 314 g/mol. The van der Waals surface area contributed by atoms with Gasteiger partial charge in [-0.3, -0.25) is 4.90 Å². The summed E-state index contributed by atoms with van der Waals surface area (Å²) in [5.74, 6) is -0.197. The van der Waals surface area contributed by atoms with Crippen molar-refractivity contribution < 1.29 is 4.39 Å². The van der Waals surface area contributed by atoms with E-state index in [1.165, 1.54) is 24.5 Å². The van der Waals surface area contributed by atoms with Crippen LogP contribution in [0, 0.1) is 5.82 Å². The average molecular weight is 315 g/mol. The van der Waals surface area contributed by atoms with Gasteiger partial charge < -0.3 is 5.32 Å². The minimum atomic E-state index is -0.197. The molecule has 0 spiro atoms. The highest BCUT2D eigenvalue weighted by atomic mass is 79.9. The van der Waals surface area contributed by atoms with Gasteiger partial charge in [0, 0.05) is 18.6 Å². The number of piperidine rings is 1. The van der Waals surface area contributed by atoms with E-state index in [-0.39, 0.29) is 5.82 Å². The number of hydrogen-bond donors (Lipinski definition) is 1. The van der Waals surface area contributed by atoms with Gasteiger partial charge in [0.05, 0.1) is 4.47 Å². The van der Waals surface area contributed by atoms with Crippen LogP contribution in [0.15, 0.2) is 22.7 Å². The van der Waals surface area contributed by atoms with Crippen molar-refractivity contribution in [3.63, 3.8) is 0 Å². The minimum absolute atomic E-state index is 0.197. The molecular weight excluding hydrogens is 295 g/mol. The summed E-state index contributed by atoms with van der Waals surface area (Å²) < 4.78 is 13.8. The summed E-state index contributed by atoms with van der Waals surface area (Å²) in [6.45, 7) is 4.37. The van der Waals surface area contributed by atoms with E-state index in [4.69, 9.17) is 0 Å². The first-order chi connectivity index (χ1) is 8.61. The highest BCUT2D eigenvalue weighted by Gasteiger charge is 2.23. The molecule has 4 heteroatoms. The second-order valence-corrected chi connectivity index (χ2v) is 5.83. The van der Waals surface area contributed by atoms with Crippen LogP contribution in [0.4, 0.5) is 4.39 Å². The molecular formula is C14H20BrFN2. The van der Waals surface area contributed by atoms with Crippen molar-refractivity contribution in [3.05, 3.63) is 34.1 Å². The van der Waals surface area contributed by atoms with Crippen LogP contribution in [0.5, 0.6) is 0 Å².